The lowest BCUT2D eigenvalue weighted by molar-refractivity contribution is -0.113. The molecule has 2 amide bonds. The van der Waals surface area contributed by atoms with Crippen molar-refractivity contribution < 1.29 is 18.7 Å². The summed E-state index contributed by atoms with van der Waals surface area (Å²) in [6.07, 6.45) is 0. The number of nitrogens with one attached hydrogen (secondary N) is 2. The number of ether oxygens (including phenoxy) is 1. The maximum atomic E-state index is 13.6. The number of anilines is 1. The summed E-state index contributed by atoms with van der Waals surface area (Å²) in [5, 5.41) is 14.6. The van der Waals surface area contributed by atoms with Crippen LogP contribution in [0.3, 0.4) is 0 Å². The van der Waals surface area contributed by atoms with Gasteiger partial charge in [0, 0.05) is 16.9 Å². The fraction of sp³-hybridized carbons (Fsp3) is 0.214. The molecular formula is C28H28FN5O3S. The second kappa shape index (κ2) is 12.4. The summed E-state index contributed by atoms with van der Waals surface area (Å²) < 4.78 is 20.7. The number of aryl methyl sites for hydroxylation is 2. The van der Waals surface area contributed by atoms with Crippen LogP contribution in [0.2, 0.25) is 0 Å². The van der Waals surface area contributed by atoms with E-state index in [0.717, 1.165) is 16.9 Å². The third kappa shape index (κ3) is 6.77. The minimum atomic E-state index is -0.379. The molecule has 0 radical (unpaired) electrons. The third-order valence-electron chi connectivity index (χ3n) is 5.74. The third-order valence-corrected chi connectivity index (χ3v) is 6.67. The van der Waals surface area contributed by atoms with Gasteiger partial charge in [0.2, 0.25) is 5.91 Å². The Kier molecular flexibility index (Phi) is 8.75. The Balaban J connectivity index is 1.47. The Morgan fingerprint density at radius 3 is 2.39 bits per heavy atom. The van der Waals surface area contributed by atoms with E-state index >= 15 is 0 Å². The molecule has 4 aromatic rings. The van der Waals surface area contributed by atoms with Gasteiger partial charge in [-0.1, -0.05) is 17.8 Å². The number of rotatable bonds is 10. The average Bonchev–Trinajstić information content (AvgIpc) is 3.32. The van der Waals surface area contributed by atoms with Gasteiger partial charge in [-0.2, -0.15) is 0 Å². The van der Waals surface area contributed by atoms with Crippen molar-refractivity contribution in [3.05, 3.63) is 95.1 Å². The number of nitrogens with zero attached hydrogens (tertiary/aromatic N) is 3. The van der Waals surface area contributed by atoms with Gasteiger partial charge in [0.15, 0.2) is 11.0 Å². The first-order valence-corrected chi connectivity index (χ1v) is 13.0. The number of carbonyl (C=O) groups is 2. The van der Waals surface area contributed by atoms with E-state index in [1.807, 2.05) is 32.9 Å². The Hall–Kier alpha value is -4.18. The van der Waals surface area contributed by atoms with E-state index < -0.39 is 0 Å². The van der Waals surface area contributed by atoms with Gasteiger partial charge in [0.1, 0.15) is 11.6 Å². The largest absolute Gasteiger partial charge is 0.494 e. The lowest BCUT2D eigenvalue weighted by Crippen LogP contribution is -2.24. The molecule has 0 aliphatic rings. The SMILES string of the molecule is CCOc1ccc(NC(=O)CSc2nnc(CNC(=O)c3ccc(C)c(C)c3)n2-c2ccc(F)cc2)cc1. The molecule has 0 aliphatic carbocycles. The van der Waals surface area contributed by atoms with Crippen molar-refractivity contribution >= 4 is 29.3 Å². The van der Waals surface area contributed by atoms with E-state index in [1.54, 1.807) is 47.0 Å². The minimum Gasteiger partial charge on any atom is -0.494 e. The van der Waals surface area contributed by atoms with Crippen molar-refractivity contribution in [3.8, 4) is 11.4 Å². The highest BCUT2D eigenvalue weighted by Crippen LogP contribution is 2.23. The van der Waals surface area contributed by atoms with Crippen LogP contribution in [0.1, 0.15) is 34.2 Å². The molecule has 2 N–H and O–H groups in total. The molecule has 3 aromatic carbocycles. The number of benzene rings is 3. The molecule has 0 spiro atoms. The number of aromatic nitrogens is 3. The molecule has 0 bridgehead atoms. The van der Waals surface area contributed by atoms with Crippen LogP contribution in [0, 0.1) is 19.7 Å². The van der Waals surface area contributed by atoms with Crippen molar-refractivity contribution in [2.45, 2.75) is 32.5 Å². The standard InChI is InChI=1S/C28H28FN5O3S/c1-4-37-24-13-9-22(10-14-24)31-26(35)17-38-28-33-32-25(34(28)23-11-7-21(29)8-12-23)16-30-27(36)20-6-5-18(2)19(3)15-20/h5-15H,4,16-17H2,1-3H3,(H,30,36)(H,31,35). The number of hydrogen-bond acceptors (Lipinski definition) is 6. The van der Waals surface area contributed by atoms with E-state index in [2.05, 4.69) is 20.8 Å². The smallest absolute Gasteiger partial charge is 0.251 e. The average molecular weight is 534 g/mol. The lowest BCUT2D eigenvalue weighted by Gasteiger charge is -2.12. The summed E-state index contributed by atoms with van der Waals surface area (Å²) in [5.74, 6) is 0.396. The molecule has 0 atom stereocenters. The van der Waals surface area contributed by atoms with Crippen LogP contribution < -0.4 is 15.4 Å². The Bertz CT molecular complexity index is 1420. The van der Waals surface area contributed by atoms with E-state index in [4.69, 9.17) is 4.74 Å². The molecule has 196 valence electrons. The van der Waals surface area contributed by atoms with Crippen molar-refractivity contribution in [1.29, 1.82) is 0 Å². The van der Waals surface area contributed by atoms with Crippen LogP contribution in [0.4, 0.5) is 10.1 Å². The van der Waals surface area contributed by atoms with Gasteiger partial charge in [-0.05, 0) is 92.6 Å². The van der Waals surface area contributed by atoms with Crippen LogP contribution in [0.25, 0.3) is 5.69 Å². The molecular weight excluding hydrogens is 505 g/mol. The van der Waals surface area contributed by atoms with Gasteiger partial charge >= 0.3 is 0 Å². The maximum absolute atomic E-state index is 13.6. The normalized spacial score (nSPS) is 10.7. The van der Waals surface area contributed by atoms with E-state index in [0.29, 0.717) is 34.5 Å². The van der Waals surface area contributed by atoms with Crippen molar-refractivity contribution in [2.24, 2.45) is 0 Å². The van der Waals surface area contributed by atoms with Crippen LogP contribution >= 0.6 is 11.8 Å². The Morgan fingerprint density at radius 1 is 0.974 bits per heavy atom. The lowest BCUT2D eigenvalue weighted by atomic mass is 10.1. The van der Waals surface area contributed by atoms with Crippen LogP contribution in [0.15, 0.2) is 71.9 Å². The quantitative estimate of drug-likeness (QED) is 0.276. The zero-order chi connectivity index (χ0) is 27.1. The van der Waals surface area contributed by atoms with E-state index in [1.165, 1.54) is 23.9 Å². The van der Waals surface area contributed by atoms with Crippen molar-refractivity contribution in [1.82, 2.24) is 20.1 Å². The summed E-state index contributed by atoms with van der Waals surface area (Å²) in [7, 11) is 0. The monoisotopic (exact) mass is 533 g/mol. The highest BCUT2D eigenvalue weighted by atomic mass is 32.2. The number of thioether (sulfide) groups is 1. The summed E-state index contributed by atoms with van der Waals surface area (Å²) in [4.78, 5) is 25.3. The van der Waals surface area contributed by atoms with E-state index in [-0.39, 0.29) is 29.9 Å². The molecule has 4 rings (SSSR count). The highest BCUT2D eigenvalue weighted by molar-refractivity contribution is 7.99. The van der Waals surface area contributed by atoms with Gasteiger partial charge in [-0.25, -0.2) is 4.39 Å². The number of halogens is 1. The molecule has 8 nitrogen and oxygen atoms in total. The Morgan fingerprint density at radius 2 is 1.71 bits per heavy atom. The van der Waals surface area contributed by atoms with Gasteiger partial charge in [0.25, 0.3) is 5.91 Å². The van der Waals surface area contributed by atoms with Gasteiger partial charge in [-0.15, -0.1) is 10.2 Å². The van der Waals surface area contributed by atoms with Crippen molar-refractivity contribution in [3.63, 3.8) is 0 Å². The topological polar surface area (TPSA) is 98.1 Å². The second-order valence-electron chi connectivity index (χ2n) is 8.49. The van der Waals surface area contributed by atoms with E-state index in [9.17, 15) is 14.0 Å². The molecule has 0 saturated carbocycles. The fourth-order valence-corrected chi connectivity index (χ4v) is 4.40. The first-order valence-electron chi connectivity index (χ1n) is 12.0. The molecule has 1 heterocycles. The maximum Gasteiger partial charge on any atom is 0.251 e. The fourth-order valence-electron chi connectivity index (χ4n) is 3.63. The van der Waals surface area contributed by atoms with Crippen LogP contribution in [0.5, 0.6) is 5.75 Å². The number of amides is 2. The summed E-state index contributed by atoms with van der Waals surface area (Å²) >= 11 is 1.19. The summed E-state index contributed by atoms with van der Waals surface area (Å²) in [6, 6.07) is 18.5. The molecule has 38 heavy (non-hydrogen) atoms. The summed E-state index contributed by atoms with van der Waals surface area (Å²) in [5.41, 5.74) is 3.93. The predicted molar refractivity (Wildman–Crippen MR) is 145 cm³/mol. The zero-order valence-corrected chi connectivity index (χ0v) is 22.1. The first kappa shape index (κ1) is 26.9. The highest BCUT2D eigenvalue weighted by Gasteiger charge is 2.17. The molecule has 1 aromatic heterocycles. The molecule has 0 fully saturated rings. The van der Waals surface area contributed by atoms with Gasteiger partial charge < -0.3 is 15.4 Å². The van der Waals surface area contributed by atoms with Crippen LogP contribution in [-0.2, 0) is 11.3 Å². The molecule has 10 heteroatoms. The Labute approximate surface area is 224 Å². The number of carbonyl (C=O) groups excluding carboxylic acids is 2. The zero-order valence-electron chi connectivity index (χ0n) is 21.3. The molecule has 0 unspecified atom stereocenters. The van der Waals surface area contributed by atoms with Crippen LogP contribution in [-0.4, -0.2) is 38.9 Å². The van der Waals surface area contributed by atoms with Gasteiger partial charge in [0.05, 0.1) is 18.9 Å². The first-order chi connectivity index (χ1) is 18.3. The van der Waals surface area contributed by atoms with Gasteiger partial charge in [-0.3, -0.25) is 14.2 Å². The molecule has 0 aliphatic heterocycles. The van der Waals surface area contributed by atoms with Crippen molar-refractivity contribution in [2.75, 3.05) is 17.7 Å². The predicted octanol–water partition coefficient (Wildman–Crippen LogP) is 5.08. The number of hydrogen-bond donors (Lipinski definition) is 2. The molecule has 0 saturated heterocycles. The summed E-state index contributed by atoms with van der Waals surface area (Å²) in [6.45, 7) is 6.50. The minimum absolute atomic E-state index is 0.0710. The second-order valence-corrected chi connectivity index (χ2v) is 9.43.